The average Bonchev–Trinajstić information content (AvgIpc) is 2.81. The van der Waals surface area contributed by atoms with E-state index >= 15 is 0 Å². The average molecular weight is 346 g/mol. The van der Waals surface area contributed by atoms with Gasteiger partial charge in [0.2, 0.25) is 0 Å². The molecular weight excluding hydrogens is 332 g/mol. The molecule has 0 amide bonds. The van der Waals surface area contributed by atoms with Crippen LogP contribution >= 0.6 is 38.9 Å². The zero-order chi connectivity index (χ0) is 13.1. The molecule has 0 aromatic carbocycles. The predicted molar refractivity (Wildman–Crippen MR) is 82.8 cm³/mol. The SMILES string of the molecule is CC(Cc1cccs1)N(C)c1ncc(Br)cc1Cl. The zero-order valence-electron chi connectivity index (χ0n) is 10.2. The summed E-state index contributed by atoms with van der Waals surface area (Å²) >= 11 is 11.4. The molecule has 2 heterocycles. The molecule has 0 aliphatic rings. The fraction of sp³-hybridized carbons (Fsp3) is 0.308. The smallest absolute Gasteiger partial charge is 0.147 e. The Hall–Kier alpha value is -0.580. The number of halogens is 2. The third-order valence-electron chi connectivity index (χ3n) is 2.86. The van der Waals surface area contributed by atoms with Crippen molar-refractivity contribution >= 4 is 44.7 Å². The van der Waals surface area contributed by atoms with E-state index in [-0.39, 0.29) is 0 Å². The minimum atomic E-state index is 0.356. The van der Waals surface area contributed by atoms with E-state index in [9.17, 15) is 0 Å². The summed E-state index contributed by atoms with van der Waals surface area (Å²) in [5.41, 5.74) is 0. The molecule has 2 nitrogen and oxygen atoms in total. The zero-order valence-corrected chi connectivity index (χ0v) is 13.4. The lowest BCUT2D eigenvalue weighted by atomic mass is 10.2. The van der Waals surface area contributed by atoms with Gasteiger partial charge in [0.1, 0.15) is 5.82 Å². The molecular formula is C13H14BrClN2S. The van der Waals surface area contributed by atoms with Crippen LogP contribution in [-0.2, 0) is 6.42 Å². The number of nitrogens with zero attached hydrogens (tertiary/aromatic N) is 2. The molecule has 0 saturated heterocycles. The van der Waals surface area contributed by atoms with Gasteiger partial charge in [-0.25, -0.2) is 4.98 Å². The van der Waals surface area contributed by atoms with Crippen LogP contribution < -0.4 is 4.90 Å². The predicted octanol–water partition coefficient (Wildman–Crippen LogP) is 4.63. The van der Waals surface area contributed by atoms with Crippen molar-refractivity contribution in [3.05, 3.63) is 44.1 Å². The van der Waals surface area contributed by atoms with Crippen molar-refractivity contribution in [3.63, 3.8) is 0 Å². The van der Waals surface area contributed by atoms with Crippen LogP contribution in [0.1, 0.15) is 11.8 Å². The van der Waals surface area contributed by atoms with Crippen molar-refractivity contribution in [3.8, 4) is 0 Å². The maximum absolute atomic E-state index is 6.22. The fourth-order valence-electron chi connectivity index (χ4n) is 1.73. The highest BCUT2D eigenvalue weighted by Gasteiger charge is 2.15. The van der Waals surface area contributed by atoms with Gasteiger partial charge in [-0.2, -0.15) is 0 Å². The standard InChI is InChI=1S/C13H14BrClN2S/c1-9(6-11-4-3-5-18-11)17(2)13-12(15)7-10(14)8-16-13/h3-5,7-9H,6H2,1-2H3. The van der Waals surface area contributed by atoms with Crippen molar-refractivity contribution in [2.75, 3.05) is 11.9 Å². The Morgan fingerprint density at radius 1 is 1.56 bits per heavy atom. The lowest BCUT2D eigenvalue weighted by Gasteiger charge is -2.26. The number of anilines is 1. The summed E-state index contributed by atoms with van der Waals surface area (Å²) in [6.45, 7) is 2.18. The van der Waals surface area contributed by atoms with Crippen molar-refractivity contribution in [2.24, 2.45) is 0 Å². The number of thiophene rings is 1. The molecule has 0 fully saturated rings. The molecule has 0 aliphatic heterocycles. The highest BCUT2D eigenvalue weighted by atomic mass is 79.9. The molecule has 0 bridgehead atoms. The van der Waals surface area contributed by atoms with Crippen LogP contribution in [0.5, 0.6) is 0 Å². The highest BCUT2D eigenvalue weighted by Crippen LogP contribution is 2.27. The summed E-state index contributed by atoms with van der Waals surface area (Å²) in [4.78, 5) is 7.88. The molecule has 2 aromatic rings. The van der Waals surface area contributed by atoms with E-state index in [0.29, 0.717) is 11.1 Å². The Kier molecular flexibility index (Phi) is 4.65. The first-order chi connectivity index (χ1) is 8.58. The number of pyridine rings is 1. The molecule has 1 unspecified atom stereocenters. The Morgan fingerprint density at radius 2 is 2.33 bits per heavy atom. The first-order valence-corrected chi connectivity index (χ1v) is 7.69. The summed E-state index contributed by atoms with van der Waals surface area (Å²) in [7, 11) is 2.03. The summed E-state index contributed by atoms with van der Waals surface area (Å²) in [5, 5.41) is 2.78. The molecule has 2 aromatic heterocycles. The molecule has 0 N–H and O–H groups in total. The van der Waals surface area contributed by atoms with Gasteiger partial charge in [-0.15, -0.1) is 11.3 Å². The Balaban J connectivity index is 2.12. The minimum absolute atomic E-state index is 0.356. The quantitative estimate of drug-likeness (QED) is 0.803. The van der Waals surface area contributed by atoms with E-state index in [2.05, 4.69) is 50.3 Å². The van der Waals surface area contributed by atoms with Gasteiger partial charge in [-0.1, -0.05) is 17.7 Å². The van der Waals surface area contributed by atoms with Crippen molar-refractivity contribution in [2.45, 2.75) is 19.4 Å². The monoisotopic (exact) mass is 344 g/mol. The normalized spacial score (nSPS) is 12.4. The van der Waals surface area contributed by atoms with Crippen LogP contribution in [0.3, 0.4) is 0 Å². The third-order valence-corrected chi connectivity index (χ3v) is 4.47. The summed E-state index contributed by atoms with van der Waals surface area (Å²) in [5.74, 6) is 0.823. The Labute approximate surface area is 125 Å². The third kappa shape index (κ3) is 3.25. The second-order valence-corrected chi connectivity index (χ2v) is 6.56. The van der Waals surface area contributed by atoms with Crippen molar-refractivity contribution in [1.82, 2.24) is 4.98 Å². The van der Waals surface area contributed by atoms with Crippen LogP contribution in [0.15, 0.2) is 34.2 Å². The van der Waals surface area contributed by atoms with Gasteiger partial charge < -0.3 is 4.90 Å². The van der Waals surface area contributed by atoms with Crippen LogP contribution in [0.4, 0.5) is 5.82 Å². The maximum atomic E-state index is 6.22. The van der Waals surface area contributed by atoms with E-state index in [1.807, 2.05) is 13.1 Å². The van der Waals surface area contributed by atoms with Gasteiger partial charge in [0.25, 0.3) is 0 Å². The van der Waals surface area contributed by atoms with Crippen LogP contribution in [-0.4, -0.2) is 18.1 Å². The van der Waals surface area contributed by atoms with Gasteiger partial charge in [0.15, 0.2) is 0 Å². The molecule has 0 aliphatic carbocycles. The maximum Gasteiger partial charge on any atom is 0.147 e. The fourth-order valence-corrected chi connectivity index (χ4v) is 3.32. The summed E-state index contributed by atoms with van der Waals surface area (Å²) < 4.78 is 0.899. The van der Waals surface area contributed by atoms with E-state index in [1.165, 1.54) is 4.88 Å². The van der Waals surface area contributed by atoms with Crippen LogP contribution in [0, 0.1) is 0 Å². The van der Waals surface area contributed by atoms with Gasteiger partial charge in [0.05, 0.1) is 5.02 Å². The van der Waals surface area contributed by atoms with E-state index in [0.717, 1.165) is 16.7 Å². The van der Waals surface area contributed by atoms with Gasteiger partial charge >= 0.3 is 0 Å². The Morgan fingerprint density at radius 3 is 2.94 bits per heavy atom. The highest BCUT2D eigenvalue weighted by molar-refractivity contribution is 9.10. The lowest BCUT2D eigenvalue weighted by Crippen LogP contribution is -2.31. The molecule has 96 valence electrons. The number of rotatable bonds is 4. The molecule has 0 saturated carbocycles. The van der Waals surface area contributed by atoms with E-state index in [4.69, 9.17) is 11.6 Å². The van der Waals surface area contributed by atoms with E-state index in [1.54, 1.807) is 17.5 Å². The number of hydrogen-bond acceptors (Lipinski definition) is 3. The minimum Gasteiger partial charge on any atom is -0.355 e. The molecule has 5 heteroatoms. The largest absolute Gasteiger partial charge is 0.355 e. The molecule has 0 spiro atoms. The molecule has 18 heavy (non-hydrogen) atoms. The van der Waals surface area contributed by atoms with Crippen LogP contribution in [0.25, 0.3) is 0 Å². The molecule has 2 rings (SSSR count). The van der Waals surface area contributed by atoms with Crippen molar-refractivity contribution in [1.29, 1.82) is 0 Å². The first-order valence-electron chi connectivity index (χ1n) is 5.64. The topological polar surface area (TPSA) is 16.1 Å². The summed E-state index contributed by atoms with van der Waals surface area (Å²) in [6.07, 6.45) is 2.78. The number of hydrogen-bond donors (Lipinski definition) is 0. The van der Waals surface area contributed by atoms with E-state index < -0.39 is 0 Å². The number of aromatic nitrogens is 1. The van der Waals surface area contributed by atoms with Crippen LogP contribution in [0.2, 0.25) is 5.02 Å². The van der Waals surface area contributed by atoms with Gasteiger partial charge in [0, 0.05) is 35.1 Å². The van der Waals surface area contributed by atoms with Gasteiger partial charge in [-0.05, 0) is 40.4 Å². The van der Waals surface area contributed by atoms with Gasteiger partial charge in [-0.3, -0.25) is 0 Å². The Bertz CT molecular complexity index is 516. The second-order valence-electron chi connectivity index (χ2n) is 4.20. The molecule has 0 radical (unpaired) electrons. The second kappa shape index (κ2) is 6.04. The lowest BCUT2D eigenvalue weighted by molar-refractivity contribution is 0.680. The van der Waals surface area contributed by atoms with Crippen molar-refractivity contribution < 1.29 is 0 Å². The summed E-state index contributed by atoms with van der Waals surface area (Å²) in [6, 6.07) is 6.47. The molecule has 1 atom stereocenters. The number of likely N-dealkylation sites (N-methyl/N-ethyl adjacent to an activating group) is 1. The first kappa shape index (κ1) is 13.8.